The molecule has 0 aliphatic carbocycles. The minimum absolute atomic E-state index is 0.277. The highest BCUT2D eigenvalue weighted by Crippen LogP contribution is 2.12. The van der Waals surface area contributed by atoms with E-state index >= 15 is 0 Å². The van der Waals surface area contributed by atoms with Crippen molar-refractivity contribution >= 4 is 11.8 Å². The summed E-state index contributed by atoms with van der Waals surface area (Å²) in [6.45, 7) is 0. The fourth-order valence-electron chi connectivity index (χ4n) is 1.15. The summed E-state index contributed by atoms with van der Waals surface area (Å²) in [6.07, 6.45) is 1.92. The van der Waals surface area contributed by atoms with Crippen molar-refractivity contribution in [2.45, 2.75) is 12.5 Å². The number of rotatable bonds is 4. The Labute approximate surface area is 82.0 Å². The first kappa shape index (κ1) is 10.5. The maximum Gasteiger partial charge on any atom is 0.320 e. The fourth-order valence-corrected chi connectivity index (χ4v) is 1.15. The number of aromatic nitrogens is 1. The van der Waals surface area contributed by atoms with E-state index in [0.717, 1.165) is 5.56 Å². The first-order valence-electron chi connectivity index (χ1n) is 4.25. The number of pyridine rings is 1. The van der Waals surface area contributed by atoms with Gasteiger partial charge in [0.25, 0.3) is 0 Å². The molecule has 5 nitrogen and oxygen atoms in total. The first-order chi connectivity index (χ1) is 6.65. The zero-order chi connectivity index (χ0) is 10.6. The lowest BCUT2D eigenvalue weighted by atomic mass is 10.1. The summed E-state index contributed by atoms with van der Waals surface area (Å²) in [5, 5.41) is 11.5. The van der Waals surface area contributed by atoms with Crippen LogP contribution in [0.4, 0.5) is 5.82 Å². The standard InChI is InChI=1S/C9H13N3O2/c1-11-8-6(3-2-4-12-8)5-7(10)9(13)14/h2-4,7H,5,10H2,1H3,(H,11,12)(H,13,14). The Kier molecular flexibility index (Phi) is 3.41. The van der Waals surface area contributed by atoms with Crippen LogP contribution in [0.2, 0.25) is 0 Å². The molecule has 76 valence electrons. The van der Waals surface area contributed by atoms with E-state index in [4.69, 9.17) is 10.8 Å². The van der Waals surface area contributed by atoms with Crippen LogP contribution in [0.15, 0.2) is 18.3 Å². The number of aliphatic carboxylic acids is 1. The van der Waals surface area contributed by atoms with Gasteiger partial charge < -0.3 is 16.2 Å². The molecule has 0 amide bonds. The molecule has 4 N–H and O–H groups in total. The van der Waals surface area contributed by atoms with Crippen molar-refractivity contribution in [1.29, 1.82) is 0 Å². The molecule has 0 fully saturated rings. The van der Waals surface area contributed by atoms with E-state index in [-0.39, 0.29) is 6.42 Å². The molecule has 1 aromatic rings. The van der Waals surface area contributed by atoms with Gasteiger partial charge in [0.15, 0.2) is 0 Å². The zero-order valence-electron chi connectivity index (χ0n) is 7.90. The van der Waals surface area contributed by atoms with E-state index in [1.54, 1.807) is 19.3 Å². The van der Waals surface area contributed by atoms with E-state index in [0.29, 0.717) is 5.82 Å². The molecule has 0 aliphatic rings. The van der Waals surface area contributed by atoms with Gasteiger partial charge in [-0.25, -0.2) is 4.98 Å². The number of nitrogens with zero attached hydrogens (tertiary/aromatic N) is 1. The molecule has 1 aromatic heterocycles. The second-order valence-electron chi connectivity index (χ2n) is 2.91. The van der Waals surface area contributed by atoms with E-state index in [2.05, 4.69) is 10.3 Å². The lowest BCUT2D eigenvalue weighted by Gasteiger charge is -2.09. The van der Waals surface area contributed by atoms with Gasteiger partial charge in [0, 0.05) is 19.7 Å². The molecule has 1 heterocycles. The highest BCUT2D eigenvalue weighted by molar-refractivity contribution is 5.73. The monoisotopic (exact) mass is 195 g/mol. The van der Waals surface area contributed by atoms with Crippen LogP contribution in [0.25, 0.3) is 0 Å². The molecule has 1 rings (SSSR count). The number of hydrogen-bond acceptors (Lipinski definition) is 4. The number of carboxylic acid groups (broad SMARTS) is 1. The quantitative estimate of drug-likeness (QED) is 0.633. The van der Waals surface area contributed by atoms with Crippen LogP contribution in [0.5, 0.6) is 0 Å². The van der Waals surface area contributed by atoms with Gasteiger partial charge in [0.2, 0.25) is 0 Å². The van der Waals surface area contributed by atoms with Crippen LogP contribution in [-0.2, 0) is 11.2 Å². The predicted octanol–water partition coefficient (Wildman–Crippen LogP) is 0.0777. The Balaban J connectivity index is 2.80. The summed E-state index contributed by atoms with van der Waals surface area (Å²) in [5.41, 5.74) is 6.23. The van der Waals surface area contributed by atoms with Gasteiger partial charge in [-0.15, -0.1) is 0 Å². The maximum absolute atomic E-state index is 10.5. The van der Waals surface area contributed by atoms with Crippen LogP contribution >= 0.6 is 0 Å². The number of nitrogens with one attached hydrogen (secondary N) is 1. The fraction of sp³-hybridized carbons (Fsp3) is 0.333. The zero-order valence-corrected chi connectivity index (χ0v) is 7.90. The topological polar surface area (TPSA) is 88.2 Å². The smallest absolute Gasteiger partial charge is 0.320 e. The lowest BCUT2D eigenvalue weighted by Crippen LogP contribution is -2.32. The average Bonchev–Trinajstić information content (AvgIpc) is 2.18. The third-order valence-electron chi connectivity index (χ3n) is 1.89. The van der Waals surface area contributed by atoms with Gasteiger partial charge in [0.05, 0.1) is 0 Å². The predicted molar refractivity (Wildman–Crippen MR) is 53.1 cm³/mol. The number of anilines is 1. The summed E-state index contributed by atoms with van der Waals surface area (Å²) in [4.78, 5) is 14.6. The molecule has 1 atom stereocenters. The van der Waals surface area contributed by atoms with Crippen molar-refractivity contribution in [2.24, 2.45) is 5.73 Å². The van der Waals surface area contributed by atoms with Gasteiger partial charge in [-0.1, -0.05) is 6.07 Å². The molecule has 1 unspecified atom stereocenters. The summed E-state index contributed by atoms with van der Waals surface area (Å²) >= 11 is 0. The second-order valence-corrected chi connectivity index (χ2v) is 2.91. The van der Waals surface area contributed by atoms with Crippen LogP contribution in [0.3, 0.4) is 0 Å². The van der Waals surface area contributed by atoms with Crippen LogP contribution in [-0.4, -0.2) is 29.1 Å². The van der Waals surface area contributed by atoms with Gasteiger partial charge >= 0.3 is 5.97 Å². The normalized spacial score (nSPS) is 12.1. The molecule has 0 radical (unpaired) electrons. The van der Waals surface area contributed by atoms with Crippen LogP contribution < -0.4 is 11.1 Å². The van der Waals surface area contributed by atoms with Gasteiger partial charge in [-0.2, -0.15) is 0 Å². The highest BCUT2D eigenvalue weighted by atomic mass is 16.4. The molecule has 0 saturated carbocycles. The number of carboxylic acids is 1. The van der Waals surface area contributed by atoms with Gasteiger partial charge in [-0.3, -0.25) is 4.79 Å². The lowest BCUT2D eigenvalue weighted by molar-refractivity contribution is -0.138. The number of hydrogen-bond donors (Lipinski definition) is 3. The van der Waals surface area contributed by atoms with Crippen molar-refractivity contribution in [2.75, 3.05) is 12.4 Å². The van der Waals surface area contributed by atoms with Crippen molar-refractivity contribution in [3.63, 3.8) is 0 Å². The Morgan fingerprint density at radius 1 is 1.79 bits per heavy atom. The molecule has 0 spiro atoms. The molecule has 0 saturated heterocycles. The van der Waals surface area contributed by atoms with Gasteiger partial charge in [-0.05, 0) is 11.6 Å². The van der Waals surface area contributed by atoms with Crippen LogP contribution in [0.1, 0.15) is 5.56 Å². The molecular weight excluding hydrogens is 182 g/mol. The molecule has 14 heavy (non-hydrogen) atoms. The first-order valence-corrected chi connectivity index (χ1v) is 4.25. The van der Waals surface area contributed by atoms with E-state index < -0.39 is 12.0 Å². The largest absolute Gasteiger partial charge is 0.480 e. The summed E-state index contributed by atoms with van der Waals surface area (Å²) in [7, 11) is 1.73. The average molecular weight is 195 g/mol. The minimum atomic E-state index is -1.00. The Bertz CT molecular complexity index is 328. The third-order valence-corrected chi connectivity index (χ3v) is 1.89. The van der Waals surface area contributed by atoms with Crippen molar-refractivity contribution < 1.29 is 9.90 Å². The minimum Gasteiger partial charge on any atom is -0.480 e. The van der Waals surface area contributed by atoms with Crippen molar-refractivity contribution in [1.82, 2.24) is 4.98 Å². The number of carbonyl (C=O) groups is 1. The number of nitrogens with two attached hydrogens (primary N) is 1. The second kappa shape index (κ2) is 4.57. The van der Waals surface area contributed by atoms with E-state index in [1.165, 1.54) is 0 Å². The SMILES string of the molecule is CNc1ncccc1CC(N)C(=O)O. The summed E-state index contributed by atoms with van der Waals surface area (Å²) in [5.74, 6) is -0.333. The third kappa shape index (κ3) is 2.43. The molecular formula is C9H13N3O2. The maximum atomic E-state index is 10.5. The Hall–Kier alpha value is -1.62. The summed E-state index contributed by atoms with van der Waals surface area (Å²) in [6, 6.07) is 2.68. The molecule has 5 heteroatoms. The molecule has 0 aromatic carbocycles. The molecule has 0 aliphatic heterocycles. The Morgan fingerprint density at radius 2 is 2.50 bits per heavy atom. The van der Waals surface area contributed by atoms with Crippen molar-refractivity contribution in [3.8, 4) is 0 Å². The highest BCUT2D eigenvalue weighted by Gasteiger charge is 2.14. The van der Waals surface area contributed by atoms with Gasteiger partial charge in [0.1, 0.15) is 11.9 Å². The van der Waals surface area contributed by atoms with E-state index in [1.807, 2.05) is 6.07 Å². The molecule has 0 bridgehead atoms. The summed E-state index contributed by atoms with van der Waals surface area (Å²) < 4.78 is 0. The van der Waals surface area contributed by atoms with E-state index in [9.17, 15) is 4.79 Å². The van der Waals surface area contributed by atoms with Crippen molar-refractivity contribution in [3.05, 3.63) is 23.9 Å². The Morgan fingerprint density at radius 3 is 3.07 bits per heavy atom. The van der Waals surface area contributed by atoms with Crippen LogP contribution in [0, 0.1) is 0 Å².